The van der Waals surface area contributed by atoms with Gasteiger partial charge in [0.05, 0.1) is 10.6 Å². The molecule has 26 heavy (non-hydrogen) atoms. The van der Waals surface area contributed by atoms with Crippen LogP contribution in [0.5, 0.6) is 0 Å². The number of carbonyl (C=O) groups excluding carboxylic acids is 2. The number of amides is 2. The van der Waals surface area contributed by atoms with Crippen molar-refractivity contribution in [1.29, 1.82) is 0 Å². The van der Waals surface area contributed by atoms with E-state index >= 15 is 0 Å². The number of rotatable bonds is 4. The molecule has 1 saturated heterocycles. The fourth-order valence-electron chi connectivity index (χ4n) is 2.98. The van der Waals surface area contributed by atoms with Gasteiger partial charge in [-0.3, -0.25) is 9.59 Å². The molecule has 1 aliphatic heterocycles. The quantitative estimate of drug-likeness (QED) is 0.870. The van der Waals surface area contributed by atoms with Crippen LogP contribution in [0.25, 0.3) is 0 Å². The number of hydrogen-bond acceptors (Lipinski definition) is 4. The van der Waals surface area contributed by atoms with Crippen LogP contribution in [0.4, 0.5) is 5.69 Å². The Morgan fingerprint density at radius 2 is 1.65 bits per heavy atom. The monoisotopic (exact) mass is 380 g/mol. The molecule has 6 nitrogen and oxygen atoms in total. The molecular weight excluding hydrogens is 352 g/mol. The third-order valence-electron chi connectivity index (χ3n) is 4.66. The second-order valence-electron chi connectivity index (χ2n) is 7.73. The highest BCUT2D eigenvalue weighted by Crippen LogP contribution is 2.25. The number of sulfone groups is 1. The Morgan fingerprint density at radius 1 is 1.12 bits per heavy atom. The molecule has 0 spiro atoms. The minimum atomic E-state index is -3.24. The normalized spacial score (nSPS) is 16.4. The topological polar surface area (TPSA) is 83.6 Å². The van der Waals surface area contributed by atoms with E-state index in [4.69, 9.17) is 0 Å². The molecule has 0 bridgehead atoms. The second kappa shape index (κ2) is 7.78. The molecular formula is C19H28N2O4S. The van der Waals surface area contributed by atoms with E-state index in [1.54, 1.807) is 19.1 Å². The summed E-state index contributed by atoms with van der Waals surface area (Å²) in [4.78, 5) is 26.8. The molecule has 1 aliphatic rings. The molecule has 7 heteroatoms. The van der Waals surface area contributed by atoms with E-state index in [2.05, 4.69) is 5.32 Å². The van der Waals surface area contributed by atoms with Gasteiger partial charge < -0.3 is 10.2 Å². The lowest BCUT2D eigenvalue weighted by atomic mass is 9.90. The van der Waals surface area contributed by atoms with Crippen LogP contribution in [0.3, 0.4) is 0 Å². The third-order valence-corrected chi connectivity index (χ3v) is 6.41. The number of nitrogens with zero attached hydrogens (tertiary/aromatic N) is 1. The van der Waals surface area contributed by atoms with Crippen molar-refractivity contribution in [2.75, 3.05) is 24.2 Å². The van der Waals surface area contributed by atoms with Gasteiger partial charge in [0, 0.05) is 30.1 Å². The Balaban J connectivity index is 1.92. The molecule has 1 heterocycles. The van der Waals surface area contributed by atoms with E-state index in [9.17, 15) is 18.0 Å². The summed E-state index contributed by atoms with van der Waals surface area (Å²) in [5, 5.41) is 2.85. The zero-order valence-electron chi connectivity index (χ0n) is 15.9. The predicted octanol–water partition coefficient (Wildman–Crippen LogP) is 2.70. The van der Waals surface area contributed by atoms with Crippen molar-refractivity contribution in [3.8, 4) is 0 Å². The Hall–Kier alpha value is -1.89. The number of piperidine rings is 1. The molecule has 1 aromatic carbocycles. The highest BCUT2D eigenvalue weighted by atomic mass is 32.2. The zero-order valence-corrected chi connectivity index (χ0v) is 16.7. The molecule has 0 aliphatic carbocycles. The first-order valence-electron chi connectivity index (χ1n) is 8.97. The first kappa shape index (κ1) is 20.4. The van der Waals surface area contributed by atoms with Crippen LogP contribution < -0.4 is 5.32 Å². The van der Waals surface area contributed by atoms with E-state index in [0.717, 1.165) is 0 Å². The maximum Gasteiger partial charge on any atom is 0.227 e. The van der Waals surface area contributed by atoms with Crippen LogP contribution in [0.2, 0.25) is 0 Å². The first-order valence-corrected chi connectivity index (χ1v) is 10.6. The highest BCUT2D eigenvalue weighted by molar-refractivity contribution is 7.91. The van der Waals surface area contributed by atoms with Crippen molar-refractivity contribution in [1.82, 2.24) is 4.90 Å². The van der Waals surface area contributed by atoms with Crippen LogP contribution in [0, 0.1) is 11.3 Å². The van der Waals surface area contributed by atoms with E-state index < -0.39 is 15.3 Å². The van der Waals surface area contributed by atoms with Crippen LogP contribution in [0.1, 0.15) is 40.5 Å². The molecule has 2 rings (SSSR count). The number of nitrogens with one attached hydrogen (secondary N) is 1. The van der Waals surface area contributed by atoms with Gasteiger partial charge in [-0.25, -0.2) is 8.42 Å². The summed E-state index contributed by atoms with van der Waals surface area (Å²) in [5.41, 5.74) is 0.175. The van der Waals surface area contributed by atoms with Gasteiger partial charge in [-0.2, -0.15) is 0 Å². The van der Waals surface area contributed by atoms with Crippen LogP contribution in [-0.4, -0.2) is 44.0 Å². The van der Waals surface area contributed by atoms with Gasteiger partial charge in [-0.1, -0.05) is 27.7 Å². The zero-order chi connectivity index (χ0) is 19.5. The minimum Gasteiger partial charge on any atom is -0.342 e. The molecule has 2 amide bonds. The lowest BCUT2D eigenvalue weighted by molar-refractivity contribution is -0.142. The largest absolute Gasteiger partial charge is 0.342 e. The summed E-state index contributed by atoms with van der Waals surface area (Å²) in [6.45, 7) is 8.47. The summed E-state index contributed by atoms with van der Waals surface area (Å²) in [7, 11) is -3.24. The van der Waals surface area contributed by atoms with Gasteiger partial charge in [0.1, 0.15) is 0 Å². The molecule has 0 aromatic heterocycles. The summed E-state index contributed by atoms with van der Waals surface area (Å²) in [5.74, 6) is -0.0639. The first-order chi connectivity index (χ1) is 12.0. The Kier molecular flexibility index (Phi) is 6.11. The summed E-state index contributed by atoms with van der Waals surface area (Å²) < 4.78 is 23.6. The van der Waals surface area contributed by atoms with E-state index in [1.165, 1.54) is 12.1 Å². The van der Waals surface area contributed by atoms with Gasteiger partial charge in [0.2, 0.25) is 11.8 Å². The number of likely N-dealkylation sites (tertiary alicyclic amines) is 1. The molecule has 0 unspecified atom stereocenters. The smallest absolute Gasteiger partial charge is 0.227 e. The maximum atomic E-state index is 12.4. The molecule has 1 fully saturated rings. The van der Waals surface area contributed by atoms with Crippen LogP contribution in [0.15, 0.2) is 29.2 Å². The molecule has 1 aromatic rings. The molecule has 144 valence electrons. The Labute approximate surface area is 155 Å². The lowest BCUT2D eigenvalue weighted by Gasteiger charge is -2.35. The second-order valence-corrected chi connectivity index (χ2v) is 10.0. The molecule has 0 saturated carbocycles. The van der Waals surface area contributed by atoms with Gasteiger partial charge in [-0.05, 0) is 37.1 Å². The number of hydrogen-bond donors (Lipinski definition) is 1. The summed E-state index contributed by atoms with van der Waals surface area (Å²) in [6, 6.07) is 6.25. The maximum absolute atomic E-state index is 12.4. The van der Waals surface area contributed by atoms with Gasteiger partial charge in [-0.15, -0.1) is 0 Å². The van der Waals surface area contributed by atoms with Crippen molar-refractivity contribution < 1.29 is 18.0 Å². The van der Waals surface area contributed by atoms with Crippen molar-refractivity contribution in [2.45, 2.75) is 45.4 Å². The minimum absolute atomic E-state index is 0.0462. The third kappa shape index (κ3) is 4.84. The van der Waals surface area contributed by atoms with E-state index in [1.807, 2.05) is 25.7 Å². The molecule has 0 radical (unpaired) electrons. The average molecular weight is 381 g/mol. The highest BCUT2D eigenvalue weighted by Gasteiger charge is 2.32. The van der Waals surface area contributed by atoms with E-state index in [0.29, 0.717) is 31.6 Å². The van der Waals surface area contributed by atoms with Gasteiger partial charge >= 0.3 is 0 Å². The van der Waals surface area contributed by atoms with Crippen LogP contribution in [-0.2, 0) is 19.4 Å². The van der Waals surface area contributed by atoms with Gasteiger partial charge in [0.25, 0.3) is 0 Å². The summed E-state index contributed by atoms with van der Waals surface area (Å²) >= 11 is 0. The number of anilines is 1. The Bertz CT molecular complexity index is 756. The predicted molar refractivity (Wildman–Crippen MR) is 102 cm³/mol. The number of carbonyl (C=O) groups is 2. The molecule has 0 atom stereocenters. The van der Waals surface area contributed by atoms with Gasteiger partial charge in [0.15, 0.2) is 9.84 Å². The summed E-state index contributed by atoms with van der Waals surface area (Å²) in [6.07, 6.45) is 1.27. The van der Waals surface area contributed by atoms with E-state index in [-0.39, 0.29) is 28.4 Å². The van der Waals surface area contributed by atoms with Crippen LogP contribution >= 0.6 is 0 Å². The lowest BCUT2D eigenvalue weighted by Crippen LogP contribution is -2.45. The number of benzene rings is 1. The molecule has 1 N–H and O–H groups in total. The Morgan fingerprint density at radius 3 is 2.12 bits per heavy atom. The van der Waals surface area contributed by atoms with Crippen molar-refractivity contribution in [3.63, 3.8) is 0 Å². The van der Waals surface area contributed by atoms with Crippen molar-refractivity contribution in [2.24, 2.45) is 11.3 Å². The average Bonchev–Trinajstić information content (AvgIpc) is 2.61. The standard InChI is InChI=1S/C19H28N2O4S/c1-5-26(24,25)16-8-6-15(7-9-16)20-17(22)14-10-12-21(13-11-14)18(23)19(2,3)4/h6-9,14H,5,10-13H2,1-4H3,(H,20,22). The SMILES string of the molecule is CCS(=O)(=O)c1ccc(NC(=O)C2CCN(C(=O)C(C)(C)C)CC2)cc1. The van der Waals surface area contributed by atoms with Crippen molar-refractivity contribution in [3.05, 3.63) is 24.3 Å². The fourth-order valence-corrected chi connectivity index (χ4v) is 3.86. The fraction of sp³-hybridized carbons (Fsp3) is 0.579. The van der Waals surface area contributed by atoms with Crippen molar-refractivity contribution >= 4 is 27.3 Å².